The zero-order valence-electron chi connectivity index (χ0n) is 16.7. The Morgan fingerprint density at radius 2 is 1.81 bits per heavy atom. The Balaban J connectivity index is 1.36. The van der Waals surface area contributed by atoms with Crippen molar-refractivity contribution in [3.8, 4) is 21.1 Å². The second kappa shape index (κ2) is 9.80. The molecular weight excluding hydrogens is 431 g/mol. The highest BCUT2D eigenvalue weighted by Crippen LogP contribution is 2.34. The lowest BCUT2D eigenvalue weighted by molar-refractivity contribution is -0.118. The van der Waals surface area contributed by atoms with Crippen molar-refractivity contribution >= 4 is 29.0 Å². The highest BCUT2D eigenvalue weighted by Gasteiger charge is 2.13. The van der Waals surface area contributed by atoms with Crippen molar-refractivity contribution in [3.05, 3.63) is 83.8 Å². The van der Waals surface area contributed by atoms with Crippen LogP contribution in [0.5, 0.6) is 0 Å². The van der Waals surface area contributed by atoms with Gasteiger partial charge in [0.1, 0.15) is 21.5 Å². The standard InChI is InChI=1S/C23H19FN4OS2/c1-15-22(31-23(26-15)17-7-9-18(24)10-8-17)19-11-12-21(28-27-19)30-14-20(29)25-13-16-5-3-2-4-6-16/h2-12H,13-14H2,1H3,(H,25,29). The predicted octanol–water partition coefficient (Wildman–Crippen LogP) is 5.12. The first kappa shape index (κ1) is 21.1. The molecule has 31 heavy (non-hydrogen) atoms. The van der Waals surface area contributed by atoms with E-state index in [0.717, 1.165) is 32.4 Å². The van der Waals surface area contributed by atoms with Crippen LogP contribution in [-0.2, 0) is 11.3 Å². The first-order chi connectivity index (χ1) is 15.1. The van der Waals surface area contributed by atoms with Crippen LogP contribution in [0.1, 0.15) is 11.3 Å². The number of nitrogens with one attached hydrogen (secondary N) is 1. The van der Waals surface area contributed by atoms with Crippen LogP contribution in [-0.4, -0.2) is 26.8 Å². The van der Waals surface area contributed by atoms with Gasteiger partial charge in [-0.05, 0) is 48.9 Å². The summed E-state index contributed by atoms with van der Waals surface area (Å²) in [5.74, 6) is -0.0539. The van der Waals surface area contributed by atoms with Crippen molar-refractivity contribution in [1.29, 1.82) is 0 Å². The Labute approximate surface area is 187 Å². The summed E-state index contributed by atoms with van der Waals surface area (Å²) in [6, 6.07) is 19.8. The Kier molecular flexibility index (Phi) is 6.69. The number of nitrogens with zero attached hydrogens (tertiary/aromatic N) is 3. The van der Waals surface area contributed by atoms with E-state index in [4.69, 9.17) is 0 Å². The molecule has 2 aromatic heterocycles. The molecule has 0 aliphatic rings. The molecule has 4 rings (SSSR count). The fourth-order valence-corrected chi connectivity index (χ4v) is 4.54. The number of amides is 1. The third-order valence-electron chi connectivity index (χ3n) is 4.44. The zero-order chi connectivity index (χ0) is 21.6. The Morgan fingerprint density at radius 3 is 2.52 bits per heavy atom. The number of aromatic nitrogens is 3. The van der Waals surface area contributed by atoms with Crippen LogP contribution in [0.25, 0.3) is 21.1 Å². The molecule has 1 N–H and O–H groups in total. The van der Waals surface area contributed by atoms with E-state index in [1.54, 1.807) is 12.1 Å². The number of carbonyl (C=O) groups is 1. The Morgan fingerprint density at radius 1 is 1.03 bits per heavy atom. The van der Waals surface area contributed by atoms with Crippen molar-refractivity contribution in [3.63, 3.8) is 0 Å². The number of aryl methyl sites for hydroxylation is 1. The van der Waals surface area contributed by atoms with Crippen molar-refractivity contribution in [2.24, 2.45) is 0 Å². The van der Waals surface area contributed by atoms with Crippen molar-refractivity contribution in [1.82, 2.24) is 20.5 Å². The SMILES string of the molecule is Cc1nc(-c2ccc(F)cc2)sc1-c1ccc(SCC(=O)NCc2ccccc2)nn1. The van der Waals surface area contributed by atoms with Gasteiger partial charge in [0.05, 0.1) is 16.3 Å². The Bertz CT molecular complexity index is 1160. The number of halogens is 1. The lowest BCUT2D eigenvalue weighted by atomic mass is 10.2. The molecule has 1 amide bonds. The zero-order valence-corrected chi connectivity index (χ0v) is 18.3. The molecule has 2 heterocycles. The van der Waals surface area contributed by atoms with Gasteiger partial charge in [-0.2, -0.15) is 0 Å². The molecule has 0 bridgehead atoms. The average Bonchev–Trinajstić information content (AvgIpc) is 3.19. The van der Waals surface area contributed by atoms with Gasteiger partial charge in [0.2, 0.25) is 5.91 Å². The highest BCUT2D eigenvalue weighted by molar-refractivity contribution is 7.99. The summed E-state index contributed by atoms with van der Waals surface area (Å²) in [7, 11) is 0. The number of benzene rings is 2. The third kappa shape index (κ3) is 5.53. The van der Waals surface area contributed by atoms with E-state index in [1.807, 2.05) is 49.4 Å². The minimum atomic E-state index is -0.273. The van der Waals surface area contributed by atoms with Crippen LogP contribution in [0.3, 0.4) is 0 Å². The molecule has 0 radical (unpaired) electrons. The quantitative estimate of drug-likeness (QED) is 0.396. The molecule has 4 aromatic rings. The van der Waals surface area contributed by atoms with Gasteiger partial charge < -0.3 is 5.32 Å². The van der Waals surface area contributed by atoms with Crippen LogP contribution >= 0.6 is 23.1 Å². The fraction of sp³-hybridized carbons (Fsp3) is 0.130. The topological polar surface area (TPSA) is 67.8 Å². The van der Waals surface area contributed by atoms with Crippen molar-refractivity contribution in [2.75, 3.05) is 5.75 Å². The van der Waals surface area contributed by atoms with Gasteiger partial charge in [-0.15, -0.1) is 21.5 Å². The molecule has 5 nitrogen and oxygen atoms in total. The summed E-state index contributed by atoms with van der Waals surface area (Å²) in [5, 5.41) is 12.9. The van der Waals surface area contributed by atoms with Crippen LogP contribution in [0, 0.1) is 12.7 Å². The minimum Gasteiger partial charge on any atom is -0.351 e. The van der Waals surface area contributed by atoms with E-state index < -0.39 is 0 Å². The maximum absolute atomic E-state index is 13.2. The van der Waals surface area contributed by atoms with Gasteiger partial charge in [-0.25, -0.2) is 9.37 Å². The fourth-order valence-electron chi connectivity index (χ4n) is 2.86. The van der Waals surface area contributed by atoms with Crippen molar-refractivity contribution in [2.45, 2.75) is 18.5 Å². The molecule has 156 valence electrons. The maximum Gasteiger partial charge on any atom is 0.230 e. The van der Waals surface area contributed by atoms with E-state index in [0.29, 0.717) is 11.6 Å². The van der Waals surface area contributed by atoms with Crippen LogP contribution < -0.4 is 5.32 Å². The largest absolute Gasteiger partial charge is 0.351 e. The lowest BCUT2D eigenvalue weighted by Crippen LogP contribution is -2.24. The summed E-state index contributed by atoms with van der Waals surface area (Å²) in [4.78, 5) is 17.6. The second-order valence-electron chi connectivity index (χ2n) is 6.75. The summed E-state index contributed by atoms with van der Waals surface area (Å²) in [6.45, 7) is 2.42. The molecule has 0 spiro atoms. The van der Waals surface area contributed by atoms with E-state index in [2.05, 4.69) is 20.5 Å². The van der Waals surface area contributed by atoms with E-state index in [1.165, 1.54) is 35.2 Å². The molecule has 0 unspecified atom stereocenters. The molecule has 0 fully saturated rings. The first-order valence-corrected chi connectivity index (χ1v) is 11.4. The summed E-state index contributed by atoms with van der Waals surface area (Å²) >= 11 is 2.83. The van der Waals surface area contributed by atoms with Crippen LogP contribution in [0.4, 0.5) is 4.39 Å². The summed E-state index contributed by atoms with van der Waals surface area (Å²) in [6.07, 6.45) is 0. The van der Waals surface area contributed by atoms with Gasteiger partial charge in [0.25, 0.3) is 0 Å². The van der Waals surface area contributed by atoms with Crippen molar-refractivity contribution < 1.29 is 9.18 Å². The molecular formula is C23H19FN4OS2. The lowest BCUT2D eigenvalue weighted by Gasteiger charge is -2.05. The first-order valence-electron chi connectivity index (χ1n) is 9.59. The number of thiazole rings is 1. The summed E-state index contributed by atoms with van der Waals surface area (Å²) < 4.78 is 13.2. The number of hydrogen-bond acceptors (Lipinski definition) is 6. The normalized spacial score (nSPS) is 10.8. The summed E-state index contributed by atoms with van der Waals surface area (Å²) in [5.41, 5.74) is 3.49. The van der Waals surface area contributed by atoms with Crippen LogP contribution in [0.15, 0.2) is 71.8 Å². The van der Waals surface area contributed by atoms with Gasteiger partial charge >= 0.3 is 0 Å². The molecule has 0 atom stereocenters. The molecule has 0 aliphatic carbocycles. The average molecular weight is 451 g/mol. The van der Waals surface area contributed by atoms with Crippen LogP contribution in [0.2, 0.25) is 0 Å². The highest BCUT2D eigenvalue weighted by atomic mass is 32.2. The van der Waals surface area contributed by atoms with E-state index in [9.17, 15) is 9.18 Å². The number of hydrogen-bond donors (Lipinski definition) is 1. The third-order valence-corrected chi connectivity index (χ3v) is 6.59. The van der Waals surface area contributed by atoms with Gasteiger partial charge in [0, 0.05) is 12.1 Å². The molecule has 2 aromatic carbocycles. The maximum atomic E-state index is 13.2. The number of thioether (sulfide) groups is 1. The van der Waals surface area contributed by atoms with E-state index in [-0.39, 0.29) is 17.5 Å². The van der Waals surface area contributed by atoms with Gasteiger partial charge in [-0.3, -0.25) is 4.79 Å². The predicted molar refractivity (Wildman–Crippen MR) is 122 cm³/mol. The monoisotopic (exact) mass is 450 g/mol. The molecule has 0 aliphatic heterocycles. The van der Waals surface area contributed by atoms with E-state index >= 15 is 0 Å². The van der Waals surface area contributed by atoms with Gasteiger partial charge in [0.15, 0.2) is 0 Å². The molecule has 0 saturated carbocycles. The molecule has 0 saturated heterocycles. The molecule has 8 heteroatoms. The number of rotatable bonds is 7. The smallest absolute Gasteiger partial charge is 0.230 e. The van der Waals surface area contributed by atoms with Gasteiger partial charge in [-0.1, -0.05) is 42.1 Å². The Hall–Kier alpha value is -3.10. The number of carbonyl (C=O) groups excluding carboxylic acids is 1. The second-order valence-corrected chi connectivity index (χ2v) is 8.74. The minimum absolute atomic E-state index is 0.0537.